The van der Waals surface area contributed by atoms with E-state index in [4.69, 9.17) is 11.6 Å². The van der Waals surface area contributed by atoms with Crippen LogP contribution in [-0.2, 0) is 6.42 Å². The zero-order valence-electron chi connectivity index (χ0n) is 10.4. The van der Waals surface area contributed by atoms with Crippen molar-refractivity contribution in [3.8, 4) is 0 Å². The van der Waals surface area contributed by atoms with E-state index in [0.29, 0.717) is 5.15 Å². The van der Waals surface area contributed by atoms with Gasteiger partial charge in [-0.1, -0.05) is 18.5 Å². The molecule has 0 spiro atoms. The Morgan fingerprint density at radius 2 is 2.24 bits per heavy atom. The molecule has 0 atom stereocenters. The molecule has 0 radical (unpaired) electrons. The fourth-order valence-electron chi connectivity index (χ4n) is 1.77. The molecule has 1 N–H and O–H groups in total. The second kappa shape index (κ2) is 5.65. The third-order valence-electron chi connectivity index (χ3n) is 3.00. The number of hydrogen-bond acceptors (Lipinski definition) is 4. The molecule has 0 bridgehead atoms. The van der Waals surface area contributed by atoms with Crippen LogP contribution in [0.1, 0.15) is 25.6 Å². The van der Waals surface area contributed by atoms with Crippen molar-refractivity contribution in [3.63, 3.8) is 0 Å². The highest BCUT2D eigenvalue weighted by atomic mass is 35.5. The van der Waals surface area contributed by atoms with Crippen LogP contribution in [0, 0.1) is 0 Å². The predicted molar refractivity (Wildman–Crippen MR) is 70.6 cm³/mol. The molecule has 0 amide bonds. The number of aromatic nitrogens is 2. The van der Waals surface area contributed by atoms with Gasteiger partial charge in [0.1, 0.15) is 16.8 Å². The molecule has 5 heteroatoms. The molecule has 1 aliphatic carbocycles. The van der Waals surface area contributed by atoms with Gasteiger partial charge in [-0.2, -0.15) is 0 Å². The standard InChI is InChI=1S/C12H19ClN4/c1-3-11-15-10(13)8-12(16-11)14-6-7-17(2)9-4-5-9/h8-9H,3-7H2,1-2H3,(H,14,15,16). The summed E-state index contributed by atoms with van der Waals surface area (Å²) in [6.45, 7) is 3.95. The number of hydrogen-bond donors (Lipinski definition) is 1. The molecule has 4 nitrogen and oxygen atoms in total. The molecule has 1 fully saturated rings. The van der Waals surface area contributed by atoms with Crippen LogP contribution < -0.4 is 5.32 Å². The molecule has 1 aliphatic rings. The zero-order chi connectivity index (χ0) is 12.3. The predicted octanol–water partition coefficient (Wildman–Crippen LogP) is 2.20. The Labute approximate surface area is 107 Å². The molecule has 1 saturated carbocycles. The van der Waals surface area contributed by atoms with Crippen LogP contribution in [0.15, 0.2) is 6.07 Å². The minimum atomic E-state index is 0.509. The summed E-state index contributed by atoms with van der Waals surface area (Å²) in [5.74, 6) is 1.61. The Morgan fingerprint density at radius 1 is 1.47 bits per heavy atom. The molecule has 0 unspecified atom stereocenters. The van der Waals surface area contributed by atoms with Gasteiger partial charge in [0.2, 0.25) is 0 Å². The maximum atomic E-state index is 5.93. The van der Waals surface area contributed by atoms with Crippen LogP contribution in [0.25, 0.3) is 0 Å². The highest BCUT2D eigenvalue weighted by Gasteiger charge is 2.25. The first kappa shape index (κ1) is 12.6. The maximum Gasteiger partial charge on any atom is 0.134 e. The number of anilines is 1. The summed E-state index contributed by atoms with van der Waals surface area (Å²) >= 11 is 5.93. The first-order valence-corrected chi connectivity index (χ1v) is 6.54. The number of nitrogens with one attached hydrogen (secondary N) is 1. The summed E-state index contributed by atoms with van der Waals surface area (Å²) in [7, 11) is 2.17. The van der Waals surface area contributed by atoms with Gasteiger partial charge in [-0.25, -0.2) is 9.97 Å². The molecule has 1 aromatic heterocycles. The normalized spacial score (nSPS) is 15.3. The van der Waals surface area contributed by atoms with Crippen molar-refractivity contribution in [3.05, 3.63) is 17.0 Å². The first-order chi connectivity index (χ1) is 8.19. The van der Waals surface area contributed by atoms with Crippen molar-refractivity contribution in [1.82, 2.24) is 14.9 Å². The smallest absolute Gasteiger partial charge is 0.134 e. The van der Waals surface area contributed by atoms with Crippen molar-refractivity contribution < 1.29 is 0 Å². The van der Waals surface area contributed by atoms with Gasteiger partial charge in [-0.3, -0.25) is 0 Å². The molecular weight excluding hydrogens is 236 g/mol. The Bertz CT molecular complexity index is 379. The van der Waals surface area contributed by atoms with Gasteiger partial charge in [0, 0.05) is 31.6 Å². The second-order valence-corrected chi connectivity index (χ2v) is 4.87. The van der Waals surface area contributed by atoms with Crippen molar-refractivity contribution in [1.29, 1.82) is 0 Å². The Hall–Kier alpha value is -0.870. The van der Waals surface area contributed by atoms with Gasteiger partial charge in [0.15, 0.2) is 0 Å². The van der Waals surface area contributed by atoms with E-state index in [1.54, 1.807) is 6.07 Å². The molecule has 0 saturated heterocycles. The fraction of sp³-hybridized carbons (Fsp3) is 0.667. The van der Waals surface area contributed by atoms with Crippen LogP contribution in [0.5, 0.6) is 0 Å². The summed E-state index contributed by atoms with van der Waals surface area (Å²) in [6, 6.07) is 2.58. The number of rotatable bonds is 6. The summed E-state index contributed by atoms with van der Waals surface area (Å²) in [4.78, 5) is 10.9. The molecule has 2 rings (SSSR count). The van der Waals surface area contributed by atoms with E-state index in [9.17, 15) is 0 Å². The van der Waals surface area contributed by atoms with Gasteiger partial charge in [-0.15, -0.1) is 0 Å². The molecule has 17 heavy (non-hydrogen) atoms. The van der Waals surface area contributed by atoms with Gasteiger partial charge in [-0.05, 0) is 19.9 Å². The lowest BCUT2D eigenvalue weighted by molar-refractivity contribution is 0.337. The van der Waals surface area contributed by atoms with E-state index < -0.39 is 0 Å². The van der Waals surface area contributed by atoms with E-state index in [-0.39, 0.29) is 0 Å². The van der Waals surface area contributed by atoms with Gasteiger partial charge >= 0.3 is 0 Å². The van der Waals surface area contributed by atoms with Gasteiger partial charge in [0.05, 0.1) is 0 Å². The average Bonchev–Trinajstić information content (AvgIpc) is 3.12. The van der Waals surface area contributed by atoms with E-state index in [2.05, 4.69) is 27.2 Å². The first-order valence-electron chi connectivity index (χ1n) is 6.16. The van der Waals surface area contributed by atoms with E-state index in [1.807, 2.05) is 6.92 Å². The highest BCUT2D eigenvalue weighted by molar-refractivity contribution is 6.29. The minimum absolute atomic E-state index is 0.509. The lowest BCUT2D eigenvalue weighted by Crippen LogP contribution is -2.27. The Morgan fingerprint density at radius 3 is 2.88 bits per heavy atom. The van der Waals surface area contributed by atoms with Crippen molar-refractivity contribution in [2.24, 2.45) is 0 Å². The number of likely N-dealkylation sites (N-methyl/N-ethyl adjacent to an activating group) is 1. The van der Waals surface area contributed by atoms with Crippen molar-refractivity contribution in [2.75, 3.05) is 25.5 Å². The molecule has 1 aromatic rings. The van der Waals surface area contributed by atoms with Gasteiger partial charge < -0.3 is 10.2 Å². The topological polar surface area (TPSA) is 41.1 Å². The van der Waals surface area contributed by atoms with Crippen LogP contribution in [0.4, 0.5) is 5.82 Å². The van der Waals surface area contributed by atoms with Crippen LogP contribution in [0.3, 0.4) is 0 Å². The SMILES string of the molecule is CCc1nc(Cl)cc(NCCN(C)C2CC2)n1. The largest absolute Gasteiger partial charge is 0.369 e. The van der Waals surface area contributed by atoms with Crippen molar-refractivity contribution >= 4 is 17.4 Å². The lowest BCUT2D eigenvalue weighted by atomic mass is 10.4. The zero-order valence-corrected chi connectivity index (χ0v) is 11.2. The van der Waals surface area contributed by atoms with E-state index in [0.717, 1.165) is 37.2 Å². The van der Waals surface area contributed by atoms with E-state index >= 15 is 0 Å². The molecule has 1 heterocycles. The minimum Gasteiger partial charge on any atom is -0.369 e. The Kier molecular flexibility index (Phi) is 4.18. The highest BCUT2D eigenvalue weighted by Crippen LogP contribution is 2.24. The summed E-state index contributed by atoms with van der Waals surface area (Å²) < 4.78 is 0. The Balaban J connectivity index is 1.83. The second-order valence-electron chi connectivity index (χ2n) is 4.48. The molecular formula is C12H19ClN4. The third kappa shape index (κ3) is 3.82. The summed E-state index contributed by atoms with van der Waals surface area (Å²) in [5, 5.41) is 3.81. The van der Waals surface area contributed by atoms with E-state index in [1.165, 1.54) is 12.8 Å². The fourth-order valence-corrected chi connectivity index (χ4v) is 1.97. The van der Waals surface area contributed by atoms with Crippen LogP contribution >= 0.6 is 11.6 Å². The molecule has 0 aliphatic heterocycles. The maximum absolute atomic E-state index is 5.93. The monoisotopic (exact) mass is 254 g/mol. The van der Waals surface area contributed by atoms with Gasteiger partial charge in [0.25, 0.3) is 0 Å². The molecule has 94 valence electrons. The quantitative estimate of drug-likeness (QED) is 0.791. The van der Waals surface area contributed by atoms with Crippen molar-refractivity contribution in [2.45, 2.75) is 32.2 Å². The third-order valence-corrected chi connectivity index (χ3v) is 3.19. The lowest BCUT2D eigenvalue weighted by Gasteiger charge is -2.16. The van der Waals surface area contributed by atoms with Crippen LogP contribution in [-0.4, -0.2) is 41.0 Å². The van der Waals surface area contributed by atoms with Crippen LogP contribution in [0.2, 0.25) is 5.15 Å². The average molecular weight is 255 g/mol. The number of nitrogens with zero attached hydrogens (tertiary/aromatic N) is 3. The number of halogens is 1. The summed E-state index contributed by atoms with van der Waals surface area (Å²) in [6.07, 6.45) is 3.49. The summed E-state index contributed by atoms with van der Waals surface area (Å²) in [5.41, 5.74) is 0. The number of aryl methyl sites for hydroxylation is 1. The molecule has 0 aromatic carbocycles.